The van der Waals surface area contributed by atoms with Crippen LogP contribution in [0, 0.1) is 11.3 Å². The molecule has 0 amide bonds. The van der Waals surface area contributed by atoms with Crippen molar-refractivity contribution in [3.63, 3.8) is 0 Å². The van der Waals surface area contributed by atoms with Crippen LogP contribution in [-0.4, -0.2) is 57.9 Å². The van der Waals surface area contributed by atoms with Gasteiger partial charge in [-0.1, -0.05) is 11.8 Å². The summed E-state index contributed by atoms with van der Waals surface area (Å²) in [6.45, 7) is 0.419. The molecule has 0 saturated carbocycles. The second-order valence-corrected chi connectivity index (χ2v) is 9.44. The van der Waals surface area contributed by atoms with E-state index in [2.05, 4.69) is 21.1 Å². The minimum atomic E-state index is -1.10. The maximum absolute atomic E-state index is 12.3. The zero-order valence-electron chi connectivity index (χ0n) is 16.9. The van der Waals surface area contributed by atoms with Crippen LogP contribution < -0.4 is 0 Å². The van der Waals surface area contributed by atoms with Crippen molar-refractivity contribution in [1.29, 1.82) is 5.26 Å². The molecule has 0 N–H and O–H groups in total. The molecule has 158 valence electrons. The molecule has 31 heavy (non-hydrogen) atoms. The van der Waals surface area contributed by atoms with Crippen molar-refractivity contribution in [2.24, 2.45) is 7.05 Å². The first-order valence-electron chi connectivity index (χ1n) is 9.30. The van der Waals surface area contributed by atoms with Gasteiger partial charge in [0.1, 0.15) is 11.1 Å². The summed E-state index contributed by atoms with van der Waals surface area (Å²) in [5.74, 6) is 0.430. The van der Waals surface area contributed by atoms with Crippen LogP contribution in [0.4, 0.5) is 0 Å². The van der Waals surface area contributed by atoms with E-state index in [0.29, 0.717) is 44.9 Å². The minimum absolute atomic E-state index is 0.316. The largest absolute Gasteiger partial charge is 0.384 e. The second-order valence-electron chi connectivity index (χ2n) is 6.53. The number of thioether (sulfide) groups is 1. The highest BCUT2D eigenvalue weighted by Gasteiger charge is 2.20. The Morgan fingerprint density at radius 1 is 1.29 bits per heavy atom. The first kappa shape index (κ1) is 21.2. The summed E-state index contributed by atoms with van der Waals surface area (Å²) < 4.78 is 20.9. The number of hydrogen-bond donors (Lipinski definition) is 0. The third kappa shape index (κ3) is 4.36. The standard InChI is InChI=1S/C20H19N7O2S2/c1-26-17(3-4-24-26)14-9-16(18-11-23-19-12-22-5-6-27(18)19)25-20(15(14)10-21)30-13-31(28)8-7-29-2/h3-6,9,11-12H,7-8,13H2,1-2H3/t31-/m1/s1. The summed E-state index contributed by atoms with van der Waals surface area (Å²) in [7, 11) is 2.30. The topological polar surface area (TPSA) is 111 Å². The number of rotatable bonds is 8. The minimum Gasteiger partial charge on any atom is -0.384 e. The van der Waals surface area contributed by atoms with E-state index >= 15 is 0 Å². The Labute approximate surface area is 185 Å². The third-order valence-corrected chi connectivity index (χ3v) is 7.33. The summed E-state index contributed by atoms with van der Waals surface area (Å²) >= 11 is 1.30. The Balaban J connectivity index is 1.83. The monoisotopic (exact) mass is 453 g/mol. The van der Waals surface area contributed by atoms with Gasteiger partial charge in [0, 0.05) is 54.9 Å². The lowest BCUT2D eigenvalue weighted by Crippen LogP contribution is -2.07. The van der Waals surface area contributed by atoms with Gasteiger partial charge >= 0.3 is 0 Å². The van der Waals surface area contributed by atoms with Gasteiger partial charge in [-0.25, -0.2) is 9.97 Å². The summed E-state index contributed by atoms with van der Waals surface area (Å²) in [6.07, 6.45) is 8.57. The van der Waals surface area contributed by atoms with E-state index in [0.717, 1.165) is 11.4 Å². The molecule has 11 heteroatoms. The van der Waals surface area contributed by atoms with Gasteiger partial charge in [0.05, 0.1) is 46.7 Å². The molecule has 0 unspecified atom stereocenters. The molecule has 0 spiro atoms. The van der Waals surface area contributed by atoms with E-state index < -0.39 is 10.8 Å². The highest BCUT2D eigenvalue weighted by atomic mass is 32.2. The van der Waals surface area contributed by atoms with Crippen LogP contribution in [0.3, 0.4) is 0 Å². The average Bonchev–Trinajstić information content (AvgIpc) is 3.41. The van der Waals surface area contributed by atoms with Crippen molar-refractivity contribution >= 4 is 28.2 Å². The van der Waals surface area contributed by atoms with E-state index in [4.69, 9.17) is 9.72 Å². The molecule has 1 atom stereocenters. The molecule has 0 aromatic carbocycles. The molecule has 4 aromatic rings. The molecule has 4 heterocycles. The number of methoxy groups -OCH3 is 1. The van der Waals surface area contributed by atoms with Crippen molar-refractivity contribution in [2.75, 3.05) is 24.6 Å². The molecule has 9 nitrogen and oxygen atoms in total. The first-order valence-corrected chi connectivity index (χ1v) is 11.8. The van der Waals surface area contributed by atoms with Crippen molar-refractivity contribution in [3.8, 4) is 28.7 Å². The van der Waals surface area contributed by atoms with Crippen LogP contribution >= 0.6 is 11.8 Å². The lowest BCUT2D eigenvalue weighted by Gasteiger charge is -2.12. The van der Waals surface area contributed by atoms with E-state index in [1.807, 2.05) is 29.8 Å². The number of imidazole rings is 1. The number of nitrogens with zero attached hydrogens (tertiary/aromatic N) is 7. The van der Waals surface area contributed by atoms with E-state index in [9.17, 15) is 9.47 Å². The van der Waals surface area contributed by atoms with Crippen LogP contribution in [0.1, 0.15) is 5.56 Å². The molecule has 0 bridgehead atoms. The number of aromatic nitrogens is 6. The van der Waals surface area contributed by atoms with Crippen LogP contribution in [0.2, 0.25) is 0 Å². The normalized spacial score (nSPS) is 12.2. The van der Waals surface area contributed by atoms with Gasteiger partial charge in [-0.3, -0.25) is 18.3 Å². The Hall–Kier alpha value is -3.07. The fourth-order valence-electron chi connectivity index (χ4n) is 3.09. The van der Waals surface area contributed by atoms with Crippen LogP contribution in [0.5, 0.6) is 0 Å². The van der Waals surface area contributed by atoms with Crippen molar-refractivity contribution < 1.29 is 8.95 Å². The third-order valence-electron chi connectivity index (χ3n) is 4.62. The quantitative estimate of drug-likeness (QED) is 0.374. The SMILES string of the molecule is COCC[S@@](=O)CSc1nc(-c2cnc3cnccn23)cc(-c2ccnn2C)c1C#N. The predicted octanol–water partition coefficient (Wildman–Crippen LogP) is 2.51. The Morgan fingerprint density at radius 2 is 2.16 bits per heavy atom. The first-order chi connectivity index (χ1) is 15.1. The fraction of sp³-hybridized carbons (Fsp3) is 0.250. The number of pyridine rings is 1. The summed E-state index contributed by atoms with van der Waals surface area (Å²) in [6, 6.07) is 5.99. The van der Waals surface area contributed by atoms with Gasteiger partial charge < -0.3 is 4.74 Å². The zero-order chi connectivity index (χ0) is 21.8. The maximum atomic E-state index is 12.3. The van der Waals surface area contributed by atoms with Crippen molar-refractivity contribution in [2.45, 2.75) is 5.03 Å². The molecule has 0 aliphatic rings. The maximum Gasteiger partial charge on any atom is 0.155 e. The Kier molecular flexibility index (Phi) is 6.41. The Bertz CT molecular complexity index is 1290. The van der Waals surface area contributed by atoms with Gasteiger partial charge in [-0.2, -0.15) is 10.4 Å². The van der Waals surface area contributed by atoms with Crippen LogP contribution in [0.15, 0.2) is 48.1 Å². The zero-order valence-corrected chi connectivity index (χ0v) is 18.6. The van der Waals surface area contributed by atoms with Gasteiger partial charge in [-0.05, 0) is 12.1 Å². The summed E-state index contributed by atoms with van der Waals surface area (Å²) in [5, 5.41) is 15.0. The van der Waals surface area contributed by atoms with Crippen molar-refractivity contribution in [3.05, 3.63) is 48.7 Å². The van der Waals surface area contributed by atoms with E-state index in [1.54, 1.807) is 36.6 Å². The number of hydrogen-bond acceptors (Lipinski definition) is 8. The lowest BCUT2D eigenvalue weighted by atomic mass is 10.1. The number of aryl methyl sites for hydroxylation is 1. The molecular weight excluding hydrogens is 434 g/mol. The lowest BCUT2D eigenvalue weighted by molar-refractivity contribution is 0.218. The van der Waals surface area contributed by atoms with Crippen LogP contribution in [0.25, 0.3) is 28.3 Å². The molecule has 0 aliphatic carbocycles. The smallest absolute Gasteiger partial charge is 0.155 e. The average molecular weight is 454 g/mol. The summed E-state index contributed by atoms with van der Waals surface area (Å²) in [5.41, 5.74) is 4.05. The van der Waals surface area contributed by atoms with E-state index in [1.165, 1.54) is 11.8 Å². The van der Waals surface area contributed by atoms with Gasteiger partial charge in [0.25, 0.3) is 0 Å². The van der Waals surface area contributed by atoms with Gasteiger partial charge in [0.15, 0.2) is 5.65 Å². The molecule has 0 saturated heterocycles. The molecular formula is C20H19N7O2S2. The summed E-state index contributed by atoms with van der Waals surface area (Å²) in [4.78, 5) is 13.2. The number of nitriles is 1. The predicted molar refractivity (Wildman–Crippen MR) is 119 cm³/mol. The van der Waals surface area contributed by atoms with Gasteiger partial charge in [-0.15, -0.1) is 0 Å². The molecule has 0 fully saturated rings. The molecule has 0 radical (unpaired) electrons. The molecule has 0 aliphatic heterocycles. The highest BCUT2D eigenvalue weighted by molar-refractivity contribution is 8.10. The van der Waals surface area contributed by atoms with Crippen molar-refractivity contribution in [1.82, 2.24) is 29.1 Å². The fourth-order valence-corrected chi connectivity index (χ4v) is 5.35. The Morgan fingerprint density at radius 3 is 2.90 bits per heavy atom. The number of ether oxygens (including phenoxy) is 1. The van der Waals surface area contributed by atoms with E-state index in [-0.39, 0.29) is 0 Å². The molecule has 4 aromatic heterocycles. The highest BCUT2D eigenvalue weighted by Crippen LogP contribution is 2.34. The number of fused-ring (bicyclic) bond motifs is 1. The van der Waals surface area contributed by atoms with Gasteiger partial charge in [0.2, 0.25) is 0 Å². The molecule has 4 rings (SSSR count). The second kappa shape index (κ2) is 9.38. The van der Waals surface area contributed by atoms with Crippen LogP contribution in [-0.2, 0) is 22.6 Å².